The van der Waals surface area contributed by atoms with Crippen molar-refractivity contribution in [1.82, 2.24) is 24.4 Å². The molecule has 3 aromatic rings. The number of nitrogens with zero attached hydrogens (tertiary/aromatic N) is 6. The van der Waals surface area contributed by atoms with Gasteiger partial charge in [0, 0.05) is 31.9 Å². The van der Waals surface area contributed by atoms with Gasteiger partial charge >= 0.3 is 0 Å². The van der Waals surface area contributed by atoms with E-state index in [-0.39, 0.29) is 5.41 Å². The van der Waals surface area contributed by atoms with Gasteiger partial charge < -0.3 is 10.6 Å². The molecule has 120 valence electrons. The lowest BCUT2D eigenvalue weighted by molar-refractivity contribution is 0.383. The second kappa shape index (κ2) is 5.06. The summed E-state index contributed by atoms with van der Waals surface area (Å²) in [5.74, 6) is 0.973. The first-order chi connectivity index (χ1) is 11.1. The van der Waals surface area contributed by atoms with E-state index in [0.29, 0.717) is 6.54 Å². The maximum Gasteiger partial charge on any atom is 0.155 e. The van der Waals surface area contributed by atoms with E-state index in [1.807, 2.05) is 42.4 Å². The fourth-order valence-electron chi connectivity index (χ4n) is 3.21. The Labute approximate surface area is 134 Å². The number of fused-ring (bicyclic) bond motifs is 1. The van der Waals surface area contributed by atoms with E-state index in [4.69, 9.17) is 10.7 Å². The first-order valence-corrected chi connectivity index (χ1v) is 7.86. The molecular formula is C16H21N7. The second-order valence-electron chi connectivity index (χ2n) is 6.70. The van der Waals surface area contributed by atoms with Gasteiger partial charge in [0.05, 0.1) is 24.3 Å². The molecule has 0 spiro atoms. The fourth-order valence-corrected chi connectivity index (χ4v) is 3.21. The van der Waals surface area contributed by atoms with E-state index < -0.39 is 0 Å². The van der Waals surface area contributed by atoms with Gasteiger partial charge in [-0.3, -0.25) is 4.68 Å². The SMILES string of the molecule is Cn1cc(-c2cn3nccc3c(N3CCC(C)(CN)C3)n2)cn1. The first-order valence-electron chi connectivity index (χ1n) is 7.86. The number of nitrogens with two attached hydrogens (primary N) is 1. The summed E-state index contributed by atoms with van der Waals surface area (Å²) in [4.78, 5) is 7.23. The molecule has 0 amide bonds. The van der Waals surface area contributed by atoms with Crippen molar-refractivity contribution in [1.29, 1.82) is 0 Å². The zero-order chi connectivity index (χ0) is 16.0. The molecular weight excluding hydrogens is 290 g/mol. The van der Waals surface area contributed by atoms with Crippen molar-refractivity contribution in [3.8, 4) is 11.3 Å². The number of anilines is 1. The van der Waals surface area contributed by atoms with E-state index in [1.54, 1.807) is 4.68 Å². The molecule has 1 aliphatic rings. The molecule has 7 heteroatoms. The van der Waals surface area contributed by atoms with Crippen molar-refractivity contribution in [3.05, 3.63) is 30.9 Å². The highest BCUT2D eigenvalue weighted by atomic mass is 15.3. The Morgan fingerprint density at radius 2 is 2.17 bits per heavy atom. The Kier molecular flexibility index (Phi) is 3.12. The third-order valence-electron chi connectivity index (χ3n) is 4.72. The minimum atomic E-state index is 0.156. The normalized spacial score (nSPS) is 21.4. The Balaban J connectivity index is 1.81. The van der Waals surface area contributed by atoms with Crippen LogP contribution < -0.4 is 10.6 Å². The topological polar surface area (TPSA) is 77.3 Å². The molecule has 23 heavy (non-hydrogen) atoms. The summed E-state index contributed by atoms with van der Waals surface area (Å²) in [6, 6.07) is 2.01. The molecule has 4 rings (SSSR count). The molecule has 4 heterocycles. The fraction of sp³-hybridized carbons (Fsp3) is 0.438. The predicted molar refractivity (Wildman–Crippen MR) is 89.2 cm³/mol. The summed E-state index contributed by atoms with van der Waals surface area (Å²) in [6.45, 7) is 4.83. The van der Waals surface area contributed by atoms with E-state index in [2.05, 4.69) is 22.0 Å². The van der Waals surface area contributed by atoms with Gasteiger partial charge in [-0.05, 0) is 24.4 Å². The van der Waals surface area contributed by atoms with Crippen LogP contribution in [0.1, 0.15) is 13.3 Å². The van der Waals surface area contributed by atoms with E-state index in [0.717, 1.165) is 42.1 Å². The van der Waals surface area contributed by atoms with Crippen molar-refractivity contribution in [3.63, 3.8) is 0 Å². The van der Waals surface area contributed by atoms with Gasteiger partial charge in [0.2, 0.25) is 0 Å². The lowest BCUT2D eigenvalue weighted by Crippen LogP contribution is -2.31. The molecule has 0 saturated carbocycles. The molecule has 0 radical (unpaired) electrons. The third-order valence-corrected chi connectivity index (χ3v) is 4.72. The van der Waals surface area contributed by atoms with Crippen molar-refractivity contribution in [2.45, 2.75) is 13.3 Å². The van der Waals surface area contributed by atoms with Crippen LogP contribution in [-0.4, -0.2) is 44.0 Å². The van der Waals surface area contributed by atoms with Crippen LogP contribution in [0, 0.1) is 5.41 Å². The zero-order valence-electron chi connectivity index (χ0n) is 13.5. The third kappa shape index (κ3) is 2.37. The second-order valence-corrected chi connectivity index (χ2v) is 6.70. The van der Waals surface area contributed by atoms with Crippen LogP contribution in [0.25, 0.3) is 16.8 Å². The average Bonchev–Trinajstić information content (AvgIpc) is 3.26. The van der Waals surface area contributed by atoms with Gasteiger partial charge in [-0.1, -0.05) is 6.92 Å². The molecule has 3 aromatic heterocycles. The van der Waals surface area contributed by atoms with Crippen molar-refractivity contribution >= 4 is 11.3 Å². The van der Waals surface area contributed by atoms with Gasteiger partial charge in [0.25, 0.3) is 0 Å². The van der Waals surface area contributed by atoms with Gasteiger partial charge in [-0.25, -0.2) is 9.50 Å². The number of aryl methyl sites for hydroxylation is 1. The molecule has 0 aliphatic carbocycles. The summed E-state index contributed by atoms with van der Waals surface area (Å²) in [5, 5.41) is 8.64. The Hall–Kier alpha value is -2.41. The molecule has 1 fully saturated rings. The summed E-state index contributed by atoms with van der Waals surface area (Å²) < 4.78 is 3.67. The molecule has 0 aromatic carbocycles. The summed E-state index contributed by atoms with van der Waals surface area (Å²) in [5.41, 5.74) is 9.00. The van der Waals surface area contributed by atoms with E-state index in [1.165, 1.54) is 0 Å². The van der Waals surface area contributed by atoms with Gasteiger partial charge in [0.15, 0.2) is 5.82 Å². The van der Waals surface area contributed by atoms with Gasteiger partial charge in [-0.15, -0.1) is 0 Å². The van der Waals surface area contributed by atoms with E-state index in [9.17, 15) is 0 Å². The maximum atomic E-state index is 5.95. The van der Waals surface area contributed by atoms with Crippen LogP contribution in [-0.2, 0) is 7.05 Å². The minimum Gasteiger partial charge on any atom is -0.354 e. The maximum absolute atomic E-state index is 5.95. The minimum absolute atomic E-state index is 0.156. The van der Waals surface area contributed by atoms with Crippen LogP contribution in [0.3, 0.4) is 0 Å². The summed E-state index contributed by atoms with van der Waals surface area (Å²) >= 11 is 0. The zero-order valence-corrected chi connectivity index (χ0v) is 13.5. The summed E-state index contributed by atoms with van der Waals surface area (Å²) in [6.07, 6.45) is 8.65. The first kappa shape index (κ1) is 14.2. The highest BCUT2D eigenvalue weighted by Crippen LogP contribution is 2.34. The van der Waals surface area contributed by atoms with Crippen molar-refractivity contribution in [2.75, 3.05) is 24.5 Å². The van der Waals surface area contributed by atoms with Crippen LogP contribution in [0.15, 0.2) is 30.9 Å². The quantitative estimate of drug-likeness (QED) is 0.789. The largest absolute Gasteiger partial charge is 0.354 e. The Bertz CT molecular complexity index is 849. The molecule has 1 atom stereocenters. The van der Waals surface area contributed by atoms with Crippen molar-refractivity contribution in [2.24, 2.45) is 18.2 Å². The smallest absolute Gasteiger partial charge is 0.155 e. The molecule has 2 N–H and O–H groups in total. The van der Waals surface area contributed by atoms with E-state index >= 15 is 0 Å². The number of hydrogen-bond acceptors (Lipinski definition) is 5. The Morgan fingerprint density at radius 1 is 1.30 bits per heavy atom. The molecule has 0 bridgehead atoms. The number of rotatable bonds is 3. The van der Waals surface area contributed by atoms with Crippen LogP contribution in [0.4, 0.5) is 5.82 Å². The number of hydrogen-bond donors (Lipinski definition) is 1. The molecule has 1 unspecified atom stereocenters. The van der Waals surface area contributed by atoms with Crippen LogP contribution in [0.2, 0.25) is 0 Å². The van der Waals surface area contributed by atoms with Gasteiger partial charge in [-0.2, -0.15) is 10.2 Å². The van der Waals surface area contributed by atoms with Gasteiger partial charge in [0.1, 0.15) is 5.52 Å². The lowest BCUT2D eigenvalue weighted by atomic mass is 9.90. The standard InChI is InChI=1S/C16H21N7/c1-16(10-17)4-6-22(11-16)15-14-3-5-18-23(14)9-13(20-15)12-7-19-21(2)8-12/h3,5,7-9H,4,6,10-11,17H2,1-2H3. The Morgan fingerprint density at radius 3 is 2.87 bits per heavy atom. The summed E-state index contributed by atoms with van der Waals surface area (Å²) in [7, 11) is 1.91. The molecule has 7 nitrogen and oxygen atoms in total. The molecule has 1 saturated heterocycles. The highest BCUT2D eigenvalue weighted by molar-refractivity contribution is 5.73. The number of aromatic nitrogens is 5. The van der Waals surface area contributed by atoms with Crippen molar-refractivity contribution < 1.29 is 0 Å². The average molecular weight is 311 g/mol. The predicted octanol–water partition coefficient (Wildman–Crippen LogP) is 1.30. The monoisotopic (exact) mass is 311 g/mol. The van der Waals surface area contributed by atoms with Crippen LogP contribution >= 0.6 is 0 Å². The molecule has 1 aliphatic heterocycles. The highest BCUT2D eigenvalue weighted by Gasteiger charge is 2.34. The lowest BCUT2D eigenvalue weighted by Gasteiger charge is -2.23. The van der Waals surface area contributed by atoms with Crippen LogP contribution in [0.5, 0.6) is 0 Å².